The first kappa shape index (κ1) is 17.1. The minimum Gasteiger partial charge on any atom is -0.507 e. The molecule has 0 amide bonds. The van der Waals surface area contributed by atoms with Gasteiger partial charge in [0.2, 0.25) is 0 Å². The van der Waals surface area contributed by atoms with Gasteiger partial charge in [0.25, 0.3) is 0 Å². The molecule has 0 aliphatic rings. The van der Waals surface area contributed by atoms with E-state index in [4.69, 9.17) is 5.11 Å². The molecule has 2 N–H and O–H groups in total. The van der Waals surface area contributed by atoms with Crippen molar-refractivity contribution in [1.82, 2.24) is 0 Å². The Bertz CT molecular complexity index is 475. The maximum absolute atomic E-state index is 10.5. The van der Waals surface area contributed by atoms with Gasteiger partial charge in [-0.25, -0.2) is 4.79 Å². The molecule has 0 atom stereocenters. The van der Waals surface area contributed by atoms with Gasteiger partial charge >= 0.3 is 5.97 Å². The third-order valence-corrected chi connectivity index (χ3v) is 3.35. The van der Waals surface area contributed by atoms with Gasteiger partial charge in [-0.3, -0.25) is 0 Å². The van der Waals surface area contributed by atoms with Gasteiger partial charge in [-0.15, -0.1) is 0 Å². The van der Waals surface area contributed by atoms with Gasteiger partial charge in [-0.2, -0.15) is 0 Å². The number of carboxylic acid groups (broad SMARTS) is 1. The highest BCUT2D eigenvalue weighted by molar-refractivity contribution is 5.86. The lowest BCUT2D eigenvalue weighted by Crippen LogP contribution is -2.25. The maximum atomic E-state index is 10.5. The van der Waals surface area contributed by atoms with Crippen LogP contribution in [0.25, 0.3) is 6.08 Å². The molecular weight excluding hydrogens is 266 g/mol. The summed E-state index contributed by atoms with van der Waals surface area (Å²) < 4.78 is 0. The van der Waals surface area contributed by atoms with Crippen molar-refractivity contribution < 1.29 is 15.0 Å². The van der Waals surface area contributed by atoms with Crippen LogP contribution in [0.15, 0.2) is 24.3 Å². The molecule has 1 rings (SSSR count). The van der Waals surface area contributed by atoms with E-state index >= 15 is 0 Å². The first-order chi connectivity index (χ1) is 10.1. The molecule has 0 aliphatic carbocycles. The van der Waals surface area contributed by atoms with Gasteiger partial charge < -0.3 is 15.1 Å². The first-order valence-corrected chi connectivity index (χ1v) is 7.57. The molecule has 4 heteroatoms. The molecule has 1 aromatic rings. The monoisotopic (exact) mass is 291 g/mol. The number of nitrogens with zero attached hydrogens (tertiary/aromatic N) is 1. The van der Waals surface area contributed by atoms with Gasteiger partial charge in [0.05, 0.1) is 0 Å². The van der Waals surface area contributed by atoms with Crippen molar-refractivity contribution in [2.24, 2.45) is 0 Å². The standard InChI is InChI=1S/C17H25NO3/c1-3-5-11-18(12-6-4-2)15-9-7-14(16(19)13-15)8-10-17(20)21/h7-10,13,19H,3-6,11-12H2,1-2H3,(H,20,21)/b10-8+. The van der Waals surface area contributed by atoms with Crippen LogP contribution < -0.4 is 4.90 Å². The maximum Gasteiger partial charge on any atom is 0.328 e. The molecule has 0 unspecified atom stereocenters. The zero-order valence-electron chi connectivity index (χ0n) is 12.9. The van der Waals surface area contributed by atoms with Gasteiger partial charge in [0, 0.05) is 36.5 Å². The summed E-state index contributed by atoms with van der Waals surface area (Å²) in [5.41, 5.74) is 1.51. The molecule has 0 fully saturated rings. The molecule has 4 nitrogen and oxygen atoms in total. The molecule has 21 heavy (non-hydrogen) atoms. The summed E-state index contributed by atoms with van der Waals surface area (Å²) in [6, 6.07) is 5.41. The Hall–Kier alpha value is -1.97. The third kappa shape index (κ3) is 5.90. The Kier molecular flexibility index (Phi) is 7.37. The quantitative estimate of drug-likeness (QED) is 0.677. The summed E-state index contributed by atoms with van der Waals surface area (Å²) in [5.74, 6) is -0.908. The Morgan fingerprint density at radius 1 is 1.19 bits per heavy atom. The second-order valence-electron chi connectivity index (χ2n) is 5.11. The molecule has 0 heterocycles. The lowest BCUT2D eigenvalue weighted by Gasteiger charge is -2.25. The Labute approximate surface area is 126 Å². The molecule has 0 aliphatic heterocycles. The summed E-state index contributed by atoms with van der Waals surface area (Å²) in [6.45, 7) is 6.27. The Morgan fingerprint density at radius 3 is 2.29 bits per heavy atom. The Morgan fingerprint density at radius 2 is 1.81 bits per heavy atom. The molecule has 116 valence electrons. The van der Waals surface area contributed by atoms with E-state index in [9.17, 15) is 9.90 Å². The number of aromatic hydroxyl groups is 1. The molecule has 0 aromatic heterocycles. The fourth-order valence-electron chi connectivity index (χ4n) is 2.10. The number of carboxylic acids is 1. The van der Waals surface area contributed by atoms with E-state index in [1.807, 2.05) is 6.07 Å². The van der Waals surface area contributed by atoms with Gasteiger partial charge in [0.1, 0.15) is 5.75 Å². The fourth-order valence-corrected chi connectivity index (χ4v) is 2.10. The largest absolute Gasteiger partial charge is 0.507 e. The molecule has 0 spiro atoms. The number of anilines is 1. The number of rotatable bonds is 9. The van der Waals surface area contributed by atoms with Crippen molar-refractivity contribution in [3.8, 4) is 5.75 Å². The zero-order valence-corrected chi connectivity index (χ0v) is 12.9. The number of phenolic OH excluding ortho intramolecular Hbond substituents is 1. The van der Waals surface area contributed by atoms with E-state index < -0.39 is 5.97 Å². The van der Waals surface area contributed by atoms with E-state index in [1.165, 1.54) is 6.08 Å². The number of hydrogen-bond donors (Lipinski definition) is 2. The average Bonchev–Trinajstić information content (AvgIpc) is 2.46. The summed E-state index contributed by atoms with van der Waals surface area (Å²) in [5, 5.41) is 18.7. The summed E-state index contributed by atoms with van der Waals surface area (Å²) in [6.07, 6.45) is 6.93. The third-order valence-electron chi connectivity index (χ3n) is 3.35. The molecule has 0 bridgehead atoms. The van der Waals surface area contributed by atoms with Gasteiger partial charge in [-0.05, 0) is 31.1 Å². The fraction of sp³-hybridized carbons (Fsp3) is 0.471. The number of phenols is 1. The van der Waals surface area contributed by atoms with Crippen LogP contribution in [0.2, 0.25) is 0 Å². The van der Waals surface area contributed by atoms with E-state index in [1.54, 1.807) is 12.1 Å². The summed E-state index contributed by atoms with van der Waals surface area (Å²) in [7, 11) is 0. The first-order valence-electron chi connectivity index (χ1n) is 7.57. The summed E-state index contributed by atoms with van der Waals surface area (Å²) >= 11 is 0. The predicted molar refractivity (Wildman–Crippen MR) is 86.8 cm³/mol. The number of hydrogen-bond acceptors (Lipinski definition) is 3. The van der Waals surface area contributed by atoms with E-state index in [0.717, 1.165) is 50.5 Å². The van der Waals surface area contributed by atoms with Crippen molar-refractivity contribution in [1.29, 1.82) is 0 Å². The predicted octanol–water partition coefficient (Wildman–Crippen LogP) is 3.90. The highest BCUT2D eigenvalue weighted by Gasteiger charge is 2.08. The van der Waals surface area contributed by atoms with Crippen LogP contribution >= 0.6 is 0 Å². The second kappa shape index (κ2) is 9.06. The van der Waals surface area contributed by atoms with Crippen LogP contribution in [-0.2, 0) is 4.79 Å². The highest BCUT2D eigenvalue weighted by atomic mass is 16.4. The van der Waals surface area contributed by atoms with E-state index in [0.29, 0.717) is 5.56 Å². The van der Waals surface area contributed by atoms with Crippen molar-refractivity contribution in [2.45, 2.75) is 39.5 Å². The number of aliphatic carboxylic acids is 1. The van der Waals surface area contributed by atoms with Crippen molar-refractivity contribution in [3.05, 3.63) is 29.8 Å². The SMILES string of the molecule is CCCCN(CCCC)c1ccc(/C=C/C(=O)O)c(O)c1. The highest BCUT2D eigenvalue weighted by Crippen LogP contribution is 2.26. The molecule has 0 saturated heterocycles. The summed E-state index contributed by atoms with van der Waals surface area (Å²) in [4.78, 5) is 12.8. The molecular formula is C17H25NO3. The van der Waals surface area contributed by atoms with Crippen LogP contribution in [0.1, 0.15) is 45.1 Å². The normalized spacial score (nSPS) is 11.0. The van der Waals surface area contributed by atoms with Crippen molar-refractivity contribution in [3.63, 3.8) is 0 Å². The van der Waals surface area contributed by atoms with Crippen molar-refractivity contribution >= 4 is 17.7 Å². The molecule has 0 saturated carbocycles. The van der Waals surface area contributed by atoms with Gasteiger partial charge in [-0.1, -0.05) is 26.7 Å². The lowest BCUT2D eigenvalue weighted by molar-refractivity contribution is -0.131. The molecule has 0 radical (unpaired) electrons. The van der Waals surface area contributed by atoms with Crippen LogP contribution in [0, 0.1) is 0 Å². The zero-order chi connectivity index (χ0) is 15.7. The van der Waals surface area contributed by atoms with Crippen LogP contribution in [-0.4, -0.2) is 29.3 Å². The average molecular weight is 291 g/mol. The van der Waals surface area contributed by atoms with Crippen LogP contribution in [0.3, 0.4) is 0 Å². The Balaban J connectivity index is 2.88. The van der Waals surface area contributed by atoms with Gasteiger partial charge in [0.15, 0.2) is 0 Å². The number of unbranched alkanes of at least 4 members (excludes halogenated alkanes) is 2. The number of carbonyl (C=O) groups is 1. The van der Waals surface area contributed by atoms with E-state index in [2.05, 4.69) is 18.7 Å². The second-order valence-corrected chi connectivity index (χ2v) is 5.11. The van der Waals surface area contributed by atoms with Crippen LogP contribution in [0.5, 0.6) is 5.75 Å². The van der Waals surface area contributed by atoms with Crippen molar-refractivity contribution in [2.75, 3.05) is 18.0 Å². The number of benzene rings is 1. The smallest absolute Gasteiger partial charge is 0.328 e. The van der Waals surface area contributed by atoms with E-state index in [-0.39, 0.29) is 5.75 Å². The topological polar surface area (TPSA) is 60.8 Å². The van der Waals surface area contributed by atoms with Crippen LogP contribution in [0.4, 0.5) is 5.69 Å². The minimum atomic E-state index is -1.02. The minimum absolute atomic E-state index is 0.114. The lowest BCUT2D eigenvalue weighted by atomic mass is 10.1. The molecule has 1 aromatic carbocycles.